The number of ether oxygens (including phenoxy) is 2. The molecular formula is C25H27ClN2O6S. The Bertz CT molecular complexity index is 1360. The Morgan fingerprint density at radius 3 is 2.54 bits per heavy atom. The molecule has 1 atom stereocenters. The molecule has 0 N–H and O–H groups in total. The summed E-state index contributed by atoms with van der Waals surface area (Å²) >= 11 is 6.42. The number of hydrogen-bond acceptors (Lipinski definition) is 6. The number of sulfone groups is 1. The number of rotatable bonds is 9. The largest absolute Gasteiger partial charge is 0.464 e. The maximum absolute atomic E-state index is 12.7. The van der Waals surface area contributed by atoms with E-state index < -0.39 is 21.6 Å². The van der Waals surface area contributed by atoms with Crippen molar-refractivity contribution >= 4 is 50.5 Å². The van der Waals surface area contributed by atoms with Crippen molar-refractivity contribution in [3.8, 4) is 0 Å². The van der Waals surface area contributed by atoms with E-state index in [4.69, 9.17) is 21.1 Å². The zero-order valence-corrected chi connectivity index (χ0v) is 21.3. The lowest BCUT2D eigenvalue weighted by molar-refractivity contribution is -0.147. The van der Waals surface area contributed by atoms with Crippen molar-refractivity contribution in [2.24, 2.45) is 13.0 Å². The molecule has 4 rings (SSSR count). The van der Waals surface area contributed by atoms with Gasteiger partial charge in [0.05, 0.1) is 41.3 Å². The fraction of sp³-hybridized carbons (Fsp3) is 0.360. The highest BCUT2D eigenvalue weighted by Crippen LogP contribution is 2.34. The smallest absolute Gasteiger partial charge is 0.321 e. The molecule has 10 heteroatoms. The topological polar surface area (TPSA) is 94.9 Å². The number of halogens is 1. The number of fused-ring (bicyclic) bond motifs is 1. The summed E-state index contributed by atoms with van der Waals surface area (Å²) in [5.74, 6) is -0.728. The van der Waals surface area contributed by atoms with Crippen LogP contribution in [0.15, 0.2) is 47.4 Å². The van der Waals surface area contributed by atoms with Crippen LogP contribution in [0.4, 0.5) is 5.82 Å². The molecule has 1 aliphatic heterocycles. The molecule has 0 bridgehead atoms. The lowest BCUT2D eigenvalue weighted by atomic mass is 10.1. The zero-order chi connectivity index (χ0) is 25.3. The van der Waals surface area contributed by atoms with Gasteiger partial charge in [-0.05, 0) is 55.3 Å². The Morgan fingerprint density at radius 2 is 1.94 bits per heavy atom. The van der Waals surface area contributed by atoms with Crippen LogP contribution in [0.25, 0.3) is 10.9 Å². The van der Waals surface area contributed by atoms with Gasteiger partial charge in [0, 0.05) is 18.4 Å². The number of esters is 1. The summed E-state index contributed by atoms with van der Waals surface area (Å²) in [6.07, 6.45) is 0.744. The van der Waals surface area contributed by atoms with Crippen LogP contribution in [0.3, 0.4) is 0 Å². The Kier molecular flexibility index (Phi) is 7.21. The molecule has 1 fully saturated rings. The van der Waals surface area contributed by atoms with Gasteiger partial charge in [-0.3, -0.25) is 14.5 Å². The number of hydrogen-bond donors (Lipinski definition) is 0. The van der Waals surface area contributed by atoms with E-state index in [0.29, 0.717) is 24.1 Å². The third-order valence-corrected chi connectivity index (χ3v) is 8.16. The van der Waals surface area contributed by atoms with E-state index in [1.54, 1.807) is 17.0 Å². The van der Waals surface area contributed by atoms with Crippen LogP contribution in [0.1, 0.15) is 24.1 Å². The number of nitrogens with zero attached hydrogens (tertiary/aromatic N) is 2. The molecule has 1 amide bonds. The number of benzene rings is 2. The molecule has 0 radical (unpaired) electrons. The SMILES string of the molecule is Cc1cc(Cl)c2cc(N(C=O)[C@H](C)c3ccc(S(=O)(=O)CC(=O)OCC4COC4)cc3)n(C)c2c1. The predicted octanol–water partition coefficient (Wildman–Crippen LogP) is 3.83. The van der Waals surface area contributed by atoms with Crippen LogP contribution in [0, 0.1) is 12.8 Å². The summed E-state index contributed by atoms with van der Waals surface area (Å²) in [6.45, 7) is 5.00. The molecule has 8 nitrogen and oxygen atoms in total. The van der Waals surface area contributed by atoms with Crippen molar-refractivity contribution in [1.82, 2.24) is 4.57 Å². The maximum atomic E-state index is 12.7. The fourth-order valence-corrected chi connectivity index (χ4v) is 5.52. The van der Waals surface area contributed by atoms with Crippen LogP contribution >= 0.6 is 11.6 Å². The van der Waals surface area contributed by atoms with E-state index in [2.05, 4.69) is 0 Å². The second-order valence-corrected chi connectivity index (χ2v) is 11.2. The first-order chi connectivity index (χ1) is 16.6. The zero-order valence-electron chi connectivity index (χ0n) is 19.7. The molecule has 35 heavy (non-hydrogen) atoms. The molecule has 0 spiro atoms. The number of aryl methyl sites for hydroxylation is 2. The van der Waals surface area contributed by atoms with Crippen molar-refractivity contribution in [3.63, 3.8) is 0 Å². The fourth-order valence-electron chi connectivity index (χ4n) is 4.08. The van der Waals surface area contributed by atoms with Gasteiger partial charge in [-0.25, -0.2) is 8.42 Å². The summed E-state index contributed by atoms with van der Waals surface area (Å²) in [6, 6.07) is 11.5. The molecule has 0 saturated carbocycles. The quantitative estimate of drug-likeness (QED) is 0.315. The van der Waals surface area contributed by atoms with Crippen molar-refractivity contribution in [2.45, 2.75) is 24.8 Å². The molecule has 1 saturated heterocycles. The Balaban J connectivity index is 1.51. The molecule has 186 valence electrons. The third-order valence-electron chi connectivity index (χ3n) is 6.24. The minimum Gasteiger partial charge on any atom is -0.464 e. The van der Waals surface area contributed by atoms with E-state index in [1.165, 1.54) is 12.1 Å². The van der Waals surface area contributed by atoms with Crippen molar-refractivity contribution in [3.05, 3.63) is 58.6 Å². The second-order valence-electron chi connectivity index (χ2n) is 8.84. The van der Waals surface area contributed by atoms with Crippen LogP contribution < -0.4 is 4.90 Å². The Hall–Kier alpha value is -2.88. The molecule has 2 heterocycles. The van der Waals surface area contributed by atoms with E-state index >= 15 is 0 Å². The normalized spacial score (nSPS) is 15.0. The molecule has 2 aromatic carbocycles. The predicted molar refractivity (Wildman–Crippen MR) is 133 cm³/mol. The molecular weight excluding hydrogens is 492 g/mol. The number of anilines is 1. The second kappa shape index (κ2) is 10.0. The summed E-state index contributed by atoms with van der Waals surface area (Å²) in [5.41, 5.74) is 2.65. The lowest BCUT2D eigenvalue weighted by Crippen LogP contribution is -2.33. The van der Waals surface area contributed by atoms with Crippen LogP contribution in [-0.2, 0) is 35.9 Å². The molecule has 1 aliphatic rings. The first-order valence-electron chi connectivity index (χ1n) is 11.2. The third kappa shape index (κ3) is 5.22. The van der Waals surface area contributed by atoms with Gasteiger partial charge < -0.3 is 14.0 Å². The van der Waals surface area contributed by atoms with Gasteiger partial charge in [-0.15, -0.1) is 0 Å². The van der Waals surface area contributed by atoms with E-state index in [-0.39, 0.29) is 23.5 Å². The van der Waals surface area contributed by atoms with Crippen LogP contribution in [0.5, 0.6) is 0 Å². The van der Waals surface area contributed by atoms with Gasteiger partial charge in [0.25, 0.3) is 0 Å². The van der Waals surface area contributed by atoms with E-state index in [9.17, 15) is 18.0 Å². The molecule has 0 aliphatic carbocycles. The highest BCUT2D eigenvalue weighted by Gasteiger charge is 2.25. The standard InChI is InChI=1S/C25H27ClN2O6S/c1-16-8-22(26)21-10-24(27(3)23(21)9-16)28(15-29)17(2)19-4-6-20(7-5-19)35(31,32)14-25(30)34-13-18-11-33-12-18/h4-10,15,17-18H,11-14H2,1-3H3/t17-/m1/s1. The van der Waals surface area contributed by atoms with Crippen molar-refractivity contribution in [1.29, 1.82) is 0 Å². The Morgan fingerprint density at radius 1 is 1.26 bits per heavy atom. The van der Waals surface area contributed by atoms with Gasteiger partial charge >= 0.3 is 5.97 Å². The lowest BCUT2D eigenvalue weighted by Gasteiger charge is -2.26. The highest BCUT2D eigenvalue weighted by atomic mass is 35.5. The van der Waals surface area contributed by atoms with Gasteiger partial charge in [0.15, 0.2) is 15.6 Å². The minimum atomic E-state index is -3.86. The molecule has 0 unspecified atom stereocenters. The Labute approximate surface area is 209 Å². The van der Waals surface area contributed by atoms with Gasteiger partial charge in [-0.2, -0.15) is 0 Å². The first-order valence-corrected chi connectivity index (χ1v) is 13.2. The summed E-state index contributed by atoms with van der Waals surface area (Å²) in [7, 11) is -1.99. The summed E-state index contributed by atoms with van der Waals surface area (Å²) in [5, 5.41) is 1.45. The number of carbonyl (C=O) groups excluding carboxylic acids is 2. The van der Waals surface area contributed by atoms with Gasteiger partial charge in [0.1, 0.15) is 5.82 Å². The average molecular weight is 519 g/mol. The first kappa shape index (κ1) is 25.2. The van der Waals surface area contributed by atoms with Crippen LogP contribution in [-0.4, -0.2) is 50.9 Å². The van der Waals surface area contributed by atoms with E-state index in [1.807, 2.05) is 43.7 Å². The highest BCUT2D eigenvalue weighted by molar-refractivity contribution is 7.92. The number of aromatic nitrogens is 1. The maximum Gasteiger partial charge on any atom is 0.321 e. The minimum absolute atomic E-state index is 0.0156. The van der Waals surface area contributed by atoms with Crippen molar-refractivity contribution in [2.75, 3.05) is 30.5 Å². The van der Waals surface area contributed by atoms with Gasteiger partial charge in [0.2, 0.25) is 6.41 Å². The van der Waals surface area contributed by atoms with E-state index in [0.717, 1.165) is 28.4 Å². The van der Waals surface area contributed by atoms with Gasteiger partial charge in [-0.1, -0.05) is 23.7 Å². The van der Waals surface area contributed by atoms with Crippen molar-refractivity contribution < 1.29 is 27.5 Å². The number of amides is 1. The molecule has 1 aromatic heterocycles. The summed E-state index contributed by atoms with van der Waals surface area (Å²) in [4.78, 5) is 25.7. The van der Waals surface area contributed by atoms with Crippen LogP contribution in [0.2, 0.25) is 5.02 Å². The average Bonchev–Trinajstić information content (AvgIpc) is 3.09. The number of carbonyl (C=O) groups is 2. The summed E-state index contributed by atoms with van der Waals surface area (Å²) < 4.78 is 37.3. The monoisotopic (exact) mass is 518 g/mol. The molecule has 3 aromatic rings.